The zero-order valence-electron chi connectivity index (χ0n) is 11.2. The summed E-state index contributed by atoms with van der Waals surface area (Å²) in [4.78, 5) is 0. The van der Waals surface area contributed by atoms with E-state index in [0.29, 0.717) is 0 Å². The highest BCUT2D eigenvalue weighted by molar-refractivity contribution is 7.08. The average molecular weight is 297 g/mol. The van der Waals surface area contributed by atoms with Crippen LogP contribution in [0.25, 0.3) is 0 Å². The number of halogens is 2. The van der Waals surface area contributed by atoms with Gasteiger partial charge in [0.05, 0.1) is 6.04 Å². The van der Waals surface area contributed by atoms with Crippen molar-refractivity contribution in [2.24, 2.45) is 0 Å². The lowest BCUT2D eigenvalue weighted by molar-refractivity contribution is -0.0498. The molecule has 0 aliphatic rings. The number of hydrogen-bond acceptors (Lipinski definition) is 3. The summed E-state index contributed by atoms with van der Waals surface area (Å²) in [6.07, 6.45) is 1.03. The normalized spacial score (nSPS) is 12.6. The van der Waals surface area contributed by atoms with Crippen LogP contribution in [-0.2, 0) is 0 Å². The first-order valence-electron chi connectivity index (χ1n) is 6.51. The Kier molecular flexibility index (Phi) is 5.49. The molecule has 0 amide bonds. The number of ether oxygens (including phenoxy) is 1. The van der Waals surface area contributed by atoms with Gasteiger partial charge >= 0.3 is 6.61 Å². The van der Waals surface area contributed by atoms with Gasteiger partial charge in [0.2, 0.25) is 0 Å². The van der Waals surface area contributed by atoms with Gasteiger partial charge in [0.15, 0.2) is 0 Å². The summed E-state index contributed by atoms with van der Waals surface area (Å²) in [7, 11) is 0. The summed E-state index contributed by atoms with van der Waals surface area (Å²) < 4.78 is 28.6. The predicted molar refractivity (Wildman–Crippen MR) is 77.5 cm³/mol. The largest absolute Gasteiger partial charge is 0.435 e. The Morgan fingerprint density at radius 2 is 1.90 bits per heavy atom. The van der Waals surface area contributed by atoms with Gasteiger partial charge < -0.3 is 10.1 Å². The minimum Gasteiger partial charge on any atom is -0.435 e. The summed E-state index contributed by atoms with van der Waals surface area (Å²) >= 11 is 1.64. The van der Waals surface area contributed by atoms with Crippen LogP contribution < -0.4 is 10.1 Å². The van der Waals surface area contributed by atoms with Crippen molar-refractivity contribution in [2.45, 2.75) is 26.0 Å². The number of nitrogens with one attached hydrogen (secondary N) is 1. The molecule has 1 atom stereocenters. The van der Waals surface area contributed by atoms with Crippen molar-refractivity contribution in [2.75, 3.05) is 6.54 Å². The third-order valence-electron chi connectivity index (χ3n) is 2.91. The summed E-state index contributed by atoms with van der Waals surface area (Å²) in [6, 6.07) is 8.96. The van der Waals surface area contributed by atoms with Crippen molar-refractivity contribution in [3.05, 3.63) is 52.2 Å². The number of rotatable bonds is 7. The smallest absolute Gasteiger partial charge is 0.387 e. The molecule has 20 heavy (non-hydrogen) atoms. The van der Waals surface area contributed by atoms with Crippen molar-refractivity contribution < 1.29 is 13.5 Å². The molecule has 0 fully saturated rings. The molecule has 0 aliphatic heterocycles. The van der Waals surface area contributed by atoms with Crippen molar-refractivity contribution in [3.63, 3.8) is 0 Å². The molecular weight excluding hydrogens is 280 g/mol. The Hall–Kier alpha value is -1.46. The van der Waals surface area contributed by atoms with Crippen LogP contribution >= 0.6 is 11.3 Å². The Morgan fingerprint density at radius 1 is 1.15 bits per heavy atom. The third-order valence-corrected chi connectivity index (χ3v) is 3.62. The third kappa shape index (κ3) is 4.02. The molecule has 2 rings (SSSR count). The van der Waals surface area contributed by atoms with E-state index in [1.54, 1.807) is 23.5 Å². The van der Waals surface area contributed by atoms with E-state index in [1.165, 1.54) is 5.56 Å². The molecule has 1 aromatic carbocycles. The van der Waals surface area contributed by atoms with E-state index >= 15 is 0 Å². The van der Waals surface area contributed by atoms with Gasteiger partial charge in [0.25, 0.3) is 0 Å². The lowest BCUT2D eigenvalue weighted by Crippen LogP contribution is -2.22. The topological polar surface area (TPSA) is 21.3 Å². The number of thiophene rings is 1. The molecule has 5 heteroatoms. The van der Waals surface area contributed by atoms with Gasteiger partial charge in [-0.1, -0.05) is 19.1 Å². The van der Waals surface area contributed by atoms with Crippen molar-refractivity contribution in [1.82, 2.24) is 5.32 Å². The van der Waals surface area contributed by atoms with Gasteiger partial charge in [-0.15, -0.1) is 0 Å². The van der Waals surface area contributed by atoms with Gasteiger partial charge in [0, 0.05) is 0 Å². The fourth-order valence-corrected chi connectivity index (χ4v) is 2.68. The molecule has 0 spiro atoms. The Balaban J connectivity index is 2.16. The Morgan fingerprint density at radius 3 is 2.45 bits per heavy atom. The Labute approximate surface area is 121 Å². The fraction of sp³-hybridized carbons (Fsp3) is 0.333. The molecule has 0 saturated carbocycles. The zero-order valence-corrected chi connectivity index (χ0v) is 12.0. The molecule has 1 aromatic heterocycles. The molecule has 108 valence electrons. The van der Waals surface area contributed by atoms with Gasteiger partial charge in [-0.25, -0.2) is 0 Å². The molecule has 1 N–H and O–H groups in total. The molecule has 1 heterocycles. The minimum atomic E-state index is -2.79. The van der Waals surface area contributed by atoms with Crippen molar-refractivity contribution >= 4 is 11.3 Å². The van der Waals surface area contributed by atoms with Crippen LogP contribution in [0.4, 0.5) is 8.78 Å². The molecule has 1 unspecified atom stereocenters. The van der Waals surface area contributed by atoms with E-state index in [1.807, 2.05) is 17.5 Å². The maximum atomic E-state index is 12.1. The molecule has 0 bridgehead atoms. The van der Waals surface area contributed by atoms with Gasteiger partial charge in [-0.3, -0.25) is 0 Å². The van der Waals surface area contributed by atoms with Crippen LogP contribution in [0.15, 0.2) is 41.1 Å². The number of alkyl halides is 2. The van der Waals surface area contributed by atoms with Gasteiger partial charge in [-0.05, 0) is 53.1 Å². The first-order chi connectivity index (χ1) is 9.70. The lowest BCUT2D eigenvalue weighted by Gasteiger charge is -2.18. The van der Waals surface area contributed by atoms with Crippen molar-refractivity contribution in [3.8, 4) is 5.75 Å². The molecule has 0 aliphatic carbocycles. The number of benzene rings is 1. The summed E-state index contributed by atoms with van der Waals surface area (Å²) in [5.74, 6) is 0.184. The maximum absolute atomic E-state index is 12.1. The standard InChI is InChI=1S/C15H17F2NOS/c1-2-8-18-14(12-7-9-20-10-12)11-3-5-13(6-4-11)19-15(16)17/h3-7,9-10,14-15,18H,2,8H2,1H3. The number of hydrogen-bond donors (Lipinski definition) is 1. The second kappa shape index (κ2) is 7.36. The molecule has 2 aromatic rings. The molecule has 0 saturated heterocycles. The van der Waals surface area contributed by atoms with Crippen LogP contribution in [-0.4, -0.2) is 13.2 Å². The van der Waals surface area contributed by atoms with Crippen LogP contribution in [0.3, 0.4) is 0 Å². The lowest BCUT2D eigenvalue weighted by atomic mass is 10.0. The zero-order chi connectivity index (χ0) is 14.4. The summed E-state index contributed by atoms with van der Waals surface area (Å²) in [6.45, 7) is 0.222. The minimum absolute atomic E-state index is 0.0850. The highest BCUT2D eigenvalue weighted by atomic mass is 32.1. The summed E-state index contributed by atoms with van der Waals surface area (Å²) in [5.41, 5.74) is 2.23. The van der Waals surface area contributed by atoms with E-state index < -0.39 is 6.61 Å². The molecule has 0 radical (unpaired) electrons. The van der Waals surface area contributed by atoms with Crippen LogP contribution in [0, 0.1) is 0 Å². The second-order valence-corrected chi connectivity index (χ2v) is 5.17. The van der Waals surface area contributed by atoms with Crippen molar-refractivity contribution in [1.29, 1.82) is 0 Å². The van der Waals surface area contributed by atoms with E-state index in [4.69, 9.17) is 0 Å². The molecule has 2 nitrogen and oxygen atoms in total. The van der Waals surface area contributed by atoms with E-state index in [-0.39, 0.29) is 11.8 Å². The summed E-state index contributed by atoms with van der Waals surface area (Å²) in [5, 5.41) is 7.59. The highest BCUT2D eigenvalue weighted by Gasteiger charge is 2.14. The maximum Gasteiger partial charge on any atom is 0.387 e. The first kappa shape index (κ1) is 14.9. The average Bonchev–Trinajstić information content (AvgIpc) is 2.94. The first-order valence-corrected chi connectivity index (χ1v) is 7.45. The quantitative estimate of drug-likeness (QED) is 0.816. The second-order valence-electron chi connectivity index (χ2n) is 4.39. The molecular formula is C15H17F2NOS. The van der Waals surface area contributed by atoms with Crippen LogP contribution in [0.1, 0.15) is 30.5 Å². The predicted octanol–water partition coefficient (Wildman–Crippen LogP) is 4.44. The van der Waals surface area contributed by atoms with Gasteiger partial charge in [0.1, 0.15) is 5.75 Å². The monoisotopic (exact) mass is 297 g/mol. The van der Waals surface area contributed by atoms with Gasteiger partial charge in [-0.2, -0.15) is 20.1 Å². The Bertz CT molecular complexity index is 499. The van der Waals surface area contributed by atoms with E-state index in [9.17, 15) is 8.78 Å². The van der Waals surface area contributed by atoms with E-state index in [2.05, 4.69) is 28.4 Å². The van der Waals surface area contributed by atoms with Crippen LogP contribution in [0.2, 0.25) is 0 Å². The SMILES string of the molecule is CCCNC(c1ccc(OC(F)F)cc1)c1ccsc1. The van der Waals surface area contributed by atoms with Crippen LogP contribution in [0.5, 0.6) is 5.75 Å². The van der Waals surface area contributed by atoms with E-state index in [0.717, 1.165) is 18.5 Å². The highest BCUT2D eigenvalue weighted by Crippen LogP contribution is 2.26. The fourth-order valence-electron chi connectivity index (χ4n) is 2.00.